The number of amides is 8. The number of hydrogen-bond acceptors (Lipinski definition) is 31. The maximum atomic E-state index is 14.9. The zero-order valence-corrected chi connectivity index (χ0v) is 76.5. The second-order valence-electron chi connectivity index (χ2n) is 25.8. The SMILES string of the molecule is O=S(=O)=O.O=S(=O)=O.[CH2-]NCC[C@@H]1NC(=O)[C@@H](NC(=O)[C@H](CN[CH2-])CC(=O)[C@@H](NC(=O)[C@H](CCNCS(=O)(=O)[O-])CC(=O)c2ccnc(-c3ccccc3)c2)[C@@H](C)O)CCNC(=O)[C@H]([C@@H](C)O)NC(=O)[C@H](CCNCS(=O)(=O)[O-])NC(=O)[C@H](CCNCC)NC(=O)[C@H](CC(C)C)CC(=O)[C@@H](Cc2ccccc2)NC1=O.[Na+].[Na+].[Na+].[Na+]. The number of nitrogens with zero attached hydrogens (tertiary/aromatic N) is 1. The minimum atomic E-state index is -4.83. The molecule has 1 fully saturated rings. The average molecular weight is 1720 g/mol. The molecule has 0 radical (unpaired) electrons. The third-order valence-electron chi connectivity index (χ3n) is 16.5. The van der Waals surface area contributed by atoms with E-state index < -0.39 is 242 Å². The predicted octanol–water partition coefficient (Wildman–Crippen LogP) is -16.8. The van der Waals surface area contributed by atoms with Gasteiger partial charge < -0.3 is 88.4 Å². The Hall–Kier alpha value is -4.86. The molecule has 2 heterocycles. The summed E-state index contributed by atoms with van der Waals surface area (Å²) in [5.74, 6) is -16.3. The molecule has 1 saturated heterocycles. The number of aliphatic hydroxyl groups excluding tert-OH is 2. The molecule has 3 aromatic rings. The number of ketones is 3. The Kier molecular flexibility index (Phi) is 60.2. The number of carbonyl (C=O) groups is 11. The molecule has 1 aliphatic heterocycles. The van der Waals surface area contributed by atoms with Gasteiger partial charge in [0.05, 0.1) is 41.6 Å². The van der Waals surface area contributed by atoms with Crippen molar-refractivity contribution < 1.29 is 232 Å². The van der Waals surface area contributed by atoms with Crippen molar-refractivity contribution in [2.45, 2.75) is 153 Å². The summed E-state index contributed by atoms with van der Waals surface area (Å²) in [5, 5.41) is 55.6. The predicted molar refractivity (Wildman–Crippen MR) is 391 cm³/mol. The second kappa shape index (κ2) is 60.6. The number of nitrogens with one attached hydrogen (secondary N) is 13. The maximum Gasteiger partial charge on any atom is 1.00 e. The van der Waals surface area contributed by atoms with E-state index in [4.69, 9.17) is 25.3 Å². The van der Waals surface area contributed by atoms with Crippen molar-refractivity contribution in [2.24, 2.45) is 23.7 Å². The van der Waals surface area contributed by atoms with Gasteiger partial charge in [0.1, 0.15) is 56.5 Å². The van der Waals surface area contributed by atoms with Crippen LogP contribution in [0.15, 0.2) is 79.0 Å². The van der Waals surface area contributed by atoms with E-state index in [1.807, 2.05) is 0 Å². The zero-order chi connectivity index (χ0) is 82.8. The van der Waals surface area contributed by atoms with Crippen LogP contribution in [0.2, 0.25) is 0 Å². The monoisotopic (exact) mass is 1720 g/mol. The number of benzene rings is 2. The van der Waals surface area contributed by atoms with E-state index >= 15 is 0 Å². The Morgan fingerprint density at radius 3 is 1.62 bits per heavy atom. The Morgan fingerprint density at radius 1 is 0.614 bits per heavy atom. The third-order valence-corrected chi connectivity index (χ3v) is 17.6. The van der Waals surface area contributed by atoms with Gasteiger partial charge >= 0.3 is 139 Å². The van der Waals surface area contributed by atoms with Gasteiger partial charge in [-0.15, -0.1) is 25.3 Å². The fourth-order valence-corrected chi connectivity index (χ4v) is 11.9. The van der Waals surface area contributed by atoms with Crippen molar-refractivity contribution >= 4 is 106 Å². The van der Waals surface area contributed by atoms with Gasteiger partial charge in [0, 0.05) is 55.0 Å². The van der Waals surface area contributed by atoms with Gasteiger partial charge in [-0.1, -0.05) is 81.4 Å². The number of aliphatic hydroxyl groups is 2. The molecule has 47 heteroatoms. The van der Waals surface area contributed by atoms with Crippen molar-refractivity contribution in [2.75, 3.05) is 57.6 Å². The largest absolute Gasteiger partial charge is 1.00 e. The number of Topliss-reactive ketones (excluding diaryl/α,β-unsaturated/α-hetero) is 3. The van der Waals surface area contributed by atoms with Crippen LogP contribution in [0.4, 0.5) is 0 Å². The third kappa shape index (κ3) is 47.7. The van der Waals surface area contributed by atoms with Crippen LogP contribution in [-0.2, 0) is 95.8 Å². The molecule has 614 valence electrons. The van der Waals surface area contributed by atoms with Crippen LogP contribution >= 0.6 is 0 Å². The van der Waals surface area contributed by atoms with Gasteiger partial charge in [-0.3, -0.25) is 71.8 Å². The van der Waals surface area contributed by atoms with Crippen molar-refractivity contribution in [1.82, 2.24) is 74.1 Å². The van der Waals surface area contributed by atoms with Crippen LogP contribution in [0.25, 0.3) is 11.3 Å². The molecule has 2 aromatic carbocycles. The van der Waals surface area contributed by atoms with Crippen LogP contribution in [0.1, 0.15) is 108 Å². The molecule has 12 atom stereocenters. The quantitative estimate of drug-likeness (QED) is 0.00845. The topological polar surface area (TPSA) is 614 Å². The molecule has 4 rings (SSSR count). The summed E-state index contributed by atoms with van der Waals surface area (Å²) in [6.07, 6.45) is -5.35. The number of carbonyl (C=O) groups excluding carboxylic acids is 11. The van der Waals surface area contributed by atoms with Crippen LogP contribution in [0, 0.1) is 37.8 Å². The minimum absolute atomic E-state index is 0. The van der Waals surface area contributed by atoms with E-state index in [9.17, 15) is 88.9 Å². The van der Waals surface area contributed by atoms with E-state index in [2.05, 4.69) is 88.2 Å². The summed E-state index contributed by atoms with van der Waals surface area (Å²) in [6, 6.07) is 8.95. The van der Waals surface area contributed by atoms with Crippen molar-refractivity contribution in [3.8, 4) is 11.3 Å². The van der Waals surface area contributed by atoms with Gasteiger partial charge in [0.15, 0.2) is 17.3 Å². The molecule has 8 amide bonds. The van der Waals surface area contributed by atoms with E-state index in [0.717, 1.165) is 13.8 Å². The van der Waals surface area contributed by atoms with Gasteiger partial charge in [0.2, 0.25) is 47.3 Å². The number of rotatable bonds is 36. The zero-order valence-electron chi connectivity index (χ0n) is 65.2. The molecule has 39 nitrogen and oxygen atoms in total. The Labute approximate surface area is 754 Å². The number of aromatic nitrogens is 1. The first-order valence-corrected chi connectivity index (χ1v) is 39.8. The van der Waals surface area contributed by atoms with E-state index in [-0.39, 0.29) is 181 Å². The summed E-state index contributed by atoms with van der Waals surface area (Å²) in [5.41, 5.74) is 1.83. The summed E-state index contributed by atoms with van der Waals surface area (Å²) in [4.78, 5) is 163. The first kappa shape index (κ1) is 113. The molecular weight excluding hydrogens is 1620 g/mol. The van der Waals surface area contributed by atoms with Crippen LogP contribution in [0.3, 0.4) is 0 Å². The fraction of sp³-hybridized carbons (Fsp3) is 0.552. The van der Waals surface area contributed by atoms with Crippen LogP contribution in [-0.4, -0.2) is 243 Å². The van der Waals surface area contributed by atoms with Crippen molar-refractivity contribution in [3.05, 3.63) is 104 Å². The maximum absolute atomic E-state index is 14.9. The molecule has 15 N–H and O–H groups in total. The van der Waals surface area contributed by atoms with E-state index in [0.29, 0.717) is 23.4 Å². The molecule has 0 bridgehead atoms. The fourth-order valence-electron chi connectivity index (χ4n) is 11.1. The van der Waals surface area contributed by atoms with Crippen LogP contribution < -0.4 is 187 Å². The van der Waals surface area contributed by atoms with Gasteiger partial charge in [-0.2, -0.15) is 0 Å². The summed E-state index contributed by atoms with van der Waals surface area (Å²) < 4.78 is 120. The summed E-state index contributed by atoms with van der Waals surface area (Å²) in [7, 11) is -8.61. The minimum Gasteiger partial charge on any atom is -0.747 e. The molecular formula is C67H98N14Na4O25S4. The molecule has 0 unspecified atom stereocenters. The first-order valence-electron chi connectivity index (χ1n) is 34.6. The average Bonchev–Trinajstić information content (AvgIpc) is 0.923. The standard InChI is InChI=1S/C67H100N14O19S2.4Na.2O3S/c1-8-70-27-22-50-63(90)78-51(23-28-72-39-102(98,99)100)66(93)81-59(42(5)83)67(94)74-30-24-52(64(91)77-49(21-25-68-6)65(92)79-54(32-43-15-11-9-12-16-43)56(85)35-47(31-40(2)3)61(88)75-50)76-62(89)48(37-69-7)36-57(86)58(41(4)82)80-60(87)46(19-26-71-38-101(95,96)97)34-55(84)45-20-29-73-53(33-45)44-17-13-10-14-18-44;;;;;2*1-4(2)3/h9-18,20,29,33,40-42,46-52,54,58-59,68-72,82-83H,6-8,19,21-28,30-32,34-39H2,1-5H3,(H,74,94)(H,75,88)(H,76,89)(H,77,91)(H,78,90)(H,79,92)(H,80,87)(H,81,93)(H,95,96,97)(H,98,99,100);;;;;;/q-2;4*+1;;/p-2/t41-,42-,46-,47-,48+,49+,50+,51+,52+,54-,58+,59+;;;;;;/m1....../s1. The molecule has 114 heavy (non-hydrogen) atoms. The Balaban J connectivity index is -0.00000977. The van der Waals surface area contributed by atoms with Crippen molar-refractivity contribution in [1.29, 1.82) is 0 Å². The number of pyridine rings is 1. The summed E-state index contributed by atoms with van der Waals surface area (Å²) in [6.45, 7) is 6.57. The molecule has 1 aliphatic rings. The Morgan fingerprint density at radius 2 is 1.11 bits per heavy atom. The molecule has 1 aromatic heterocycles. The first-order chi connectivity index (χ1) is 51.7. The van der Waals surface area contributed by atoms with Gasteiger partial charge in [-0.25, -0.2) is 16.8 Å². The van der Waals surface area contributed by atoms with Crippen molar-refractivity contribution in [3.63, 3.8) is 0 Å². The second-order valence-corrected chi connectivity index (χ2v) is 29.4. The molecule has 0 spiro atoms. The molecule has 0 saturated carbocycles. The normalized spacial score (nSPS) is 19.3. The molecule has 0 aliphatic carbocycles. The number of hydrogen-bond donors (Lipinski definition) is 15. The smallest absolute Gasteiger partial charge is 0.747 e. The van der Waals surface area contributed by atoms with E-state index in [1.54, 1.807) is 81.4 Å². The van der Waals surface area contributed by atoms with Crippen LogP contribution in [0.5, 0.6) is 0 Å². The van der Waals surface area contributed by atoms with Gasteiger partial charge in [0.25, 0.3) is 0 Å². The summed E-state index contributed by atoms with van der Waals surface area (Å²) >= 11 is 0. The van der Waals surface area contributed by atoms with Gasteiger partial charge in [-0.05, 0) is 122 Å². The van der Waals surface area contributed by atoms with E-state index in [1.165, 1.54) is 18.3 Å². The Bertz CT molecular complexity index is 3990.